The Bertz CT molecular complexity index is 2410. The van der Waals surface area contributed by atoms with Crippen molar-refractivity contribution in [2.75, 3.05) is 14.2 Å². The molecule has 0 N–H and O–H groups in total. The molecule has 1 aliphatic rings. The summed E-state index contributed by atoms with van der Waals surface area (Å²) in [5, 5.41) is 0. The molecule has 1 aliphatic heterocycles. The first-order valence-electron chi connectivity index (χ1n) is 17.3. The van der Waals surface area contributed by atoms with Gasteiger partial charge >= 0.3 is 34.9 Å². The Balaban J connectivity index is 1.55. The fraction of sp³-hybridized carbons (Fsp3) is 0.0500. The molecule has 0 saturated heterocycles. The standard InChI is InChI=1S/C40H30Br4N3O10P3/c1-50-39(48)27-3-15-33(16-4-27)52-58(53-34-17-5-28(6-18-34)40(49)51-2)45-59(54-35-19-7-29(41)8-20-35,55-36-21-9-30(42)10-22-36)47-60(46-58,56-37-23-11-31(43)12-24-37)57-38-25-13-32(44)14-26-38/h3-26H,1-2H3. The minimum Gasteiger partial charge on any atom is -0.465 e. The summed E-state index contributed by atoms with van der Waals surface area (Å²) in [6.45, 7) is 0. The third kappa shape index (κ3) is 11.1. The first kappa shape index (κ1) is 43.7. The summed E-state index contributed by atoms with van der Waals surface area (Å²) in [4.78, 5) is 24.9. The average Bonchev–Trinajstić information content (AvgIpc) is 3.24. The van der Waals surface area contributed by atoms with Gasteiger partial charge in [-0.25, -0.2) is 9.59 Å². The number of methoxy groups -OCH3 is 2. The van der Waals surface area contributed by atoms with Crippen LogP contribution in [0.4, 0.5) is 0 Å². The van der Waals surface area contributed by atoms with Crippen molar-refractivity contribution in [2.24, 2.45) is 13.5 Å². The Morgan fingerprint density at radius 2 is 0.533 bits per heavy atom. The summed E-state index contributed by atoms with van der Waals surface area (Å²) < 4.78 is 69.5. The van der Waals surface area contributed by atoms with Crippen LogP contribution in [-0.4, -0.2) is 26.2 Å². The van der Waals surface area contributed by atoms with Crippen LogP contribution in [0.1, 0.15) is 20.7 Å². The van der Waals surface area contributed by atoms with Crippen LogP contribution < -0.4 is 27.1 Å². The molecule has 6 aromatic rings. The molecular weight excluding hydrogens is 1090 g/mol. The van der Waals surface area contributed by atoms with Gasteiger partial charge in [0.25, 0.3) is 0 Å². The molecule has 0 fully saturated rings. The molecule has 308 valence electrons. The Hall–Kier alpha value is -4.33. The van der Waals surface area contributed by atoms with E-state index < -0.39 is 34.9 Å². The van der Waals surface area contributed by atoms with Gasteiger partial charge in [0.15, 0.2) is 0 Å². The van der Waals surface area contributed by atoms with E-state index in [1.807, 2.05) is 0 Å². The molecule has 0 aromatic heterocycles. The highest BCUT2D eigenvalue weighted by Gasteiger charge is 2.49. The van der Waals surface area contributed by atoms with Gasteiger partial charge < -0.3 is 36.6 Å². The van der Waals surface area contributed by atoms with Crippen molar-refractivity contribution < 1.29 is 46.2 Å². The maximum Gasteiger partial charge on any atom is 0.460 e. The minimum atomic E-state index is -4.27. The molecule has 0 bridgehead atoms. The Morgan fingerprint density at radius 1 is 0.350 bits per heavy atom. The third-order valence-corrected chi connectivity index (χ3v) is 18.1. The number of benzene rings is 6. The predicted octanol–water partition coefficient (Wildman–Crippen LogP) is 14.9. The number of halogens is 4. The summed E-state index contributed by atoms with van der Waals surface area (Å²) >= 11 is 14.0. The molecule has 0 spiro atoms. The van der Waals surface area contributed by atoms with Crippen LogP contribution in [0.15, 0.2) is 177 Å². The van der Waals surface area contributed by atoms with Gasteiger partial charge in [-0.1, -0.05) is 77.3 Å². The molecule has 0 radical (unpaired) electrons. The summed E-state index contributed by atoms with van der Waals surface area (Å²) in [5.41, 5.74) is 0.532. The van der Waals surface area contributed by atoms with Crippen LogP contribution in [0.25, 0.3) is 0 Å². The molecule has 7 rings (SSSR count). The number of esters is 2. The fourth-order valence-electron chi connectivity index (χ4n) is 5.10. The van der Waals surface area contributed by atoms with E-state index in [2.05, 4.69) is 63.7 Å². The zero-order valence-electron chi connectivity index (χ0n) is 31.1. The van der Waals surface area contributed by atoms with Gasteiger partial charge in [0.2, 0.25) is 0 Å². The second-order valence-electron chi connectivity index (χ2n) is 12.1. The number of nitrogens with zero attached hydrogens (tertiary/aromatic N) is 3. The van der Waals surface area contributed by atoms with Gasteiger partial charge in [-0.05, 0) is 146 Å². The zero-order chi connectivity index (χ0) is 42.3. The second kappa shape index (κ2) is 19.2. The predicted molar refractivity (Wildman–Crippen MR) is 244 cm³/mol. The lowest BCUT2D eigenvalue weighted by molar-refractivity contribution is 0.0592. The van der Waals surface area contributed by atoms with Crippen LogP contribution in [-0.2, 0) is 9.47 Å². The van der Waals surface area contributed by atoms with E-state index in [-0.39, 0.29) is 22.6 Å². The third-order valence-electron chi connectivity index (χ3n) is 7.83. The van der Waals surface area contributed by atoms with Crippen molar-refractivity contribution in [1.29, 1.82) is 0 Å². The van der Waals surface area contributed by atoms with E-state index >= 15 is 0 Å². The monoisotopic (exact) mass is 1120 g/mol. The lowest BCUT2D eigenvalue weighted by Crippen LogP contribution is -2.11. The number of hydrogen-bond acceptors (Lipinski definition) is 13. The molecule has 60 heavy (non-hydrogen) atoms. The van der Waals surface area contributed by atoms with Crippen molar-refractivity contribution >= 4 is 98.6 Å². The van der Waals surface area contributed by atoms with Crippen molar-refractivity contribution in [1.82, 2.24) is 0 Å². The van der Waals surface area contributed by atoms with Crippen molar-refractivity contribution in [2.45, 2.75) is 0 Å². The van der Waals surface area contributed by atoms with Gasteiger partial charge in [0.05, 0.1) is 25.3 Å². The molecule has 6 aromatic carbocycles. The quantitative estimate of drug-likeness (QED) is 0.0763. The van der Waals surface area contributed by atoms with E-state index in [1.54, 1.807) is 121 Å². The zero-order valence-corrected chi connectivity index (χ0v) is 40.2. The first-order valence-corrected chi connectivity index (χ1v) is 25.1. The summed E-state index contributed by atoms with van der Waals surface area (Å²) in [7, 11) is -10.0. The fourth-order valence-corrected chi connectivity index (χ4v) is 15.2. The van der Waals surface area contributed by atoms with E-state index in [0.29, 0.717) is 23.0 Å². The molecule has 1 heterocycles. The SMILES string of the molecule is COC(=O)c1ccc(OP2(Oc3ccc(C(=O)OC)cc3)=NP(Oc3ccc(Br)cc3)(Oc3ccc(Br)cc3)=NP(Oc3ccc(Br)cc3)(Oc3ccc(Br)cc3)=N2)cc1. The smallest absolute Gasteiger partial charge is 0.460 e. The topological polar surface area (TPSA) is 145 Å². The van der Waals surface area contributed by atoms with E-state index in [1.165, 1.54) is 38.5 Å². The summed E-state index contributed by atoms with van der Waals surface area (Å²) in [6.07, 6.45) is 0. The molecule has 0 aliphatic carbocycles. The maximum absolute atomic E-state index is 12.4. The summed E-state index contributed by atoms with van der Waals surface area (Å²) in [6, 6.07) is 40.4. The lowest BCUT2D eigenvalue weighted by atomic mass is 10.2. The van der Waals surface area contributed by atoms with Gasteiger partial charge in [-0.3, -0.25) is 0 Å². The van der Waals surface area contributed by atoms with Crippen LogP contribution >= 0.6 is 86.7 Å². The minimum absolute atomic E-state index is 0.187. The Labute approximate surface area is 379 Å². The number of rotatable bonds is 14. The van der Waals surface area contributed by atoms with E-state index in [0.717, 1.165) is 17.9 Å². The number of hydrogen-bond donors (Lipinski definition) is 0. The van der Waals surface area contributed by atoms with Gasteiger partial charge in [0, 0.05) is 17.9 Å². The van der Waals surface area contributed by atoms with Crippen molar-refractivity contribution in [3.8, 4) is 34.5 Å². The van der Waals surface area contributed by atoms with Gasteiger partial charge in [0.1, 0.15) is 34.5 Å². The number of carbonyl (C=O) groups is 2. The van der Waals surface area contributed by atoms with Crippen molar-refractivity contribution in [3.63, 3.8) is 0 Å². The molecule has 0 atom stereocenters. The Kier molecular flexibility index (Phi) is 14.0. The van der Waals surface area contributed by atoms with E-state index in [4.69, 9.17) is 50.2 Å². The normalized spacial score (nSPS) is 14.4. The van der Waals surface area contributed by atoms with Gasteiger partial charge in [-0.15, -0.1) is 0 Å². The molecular formula is C40H30Br4N3O10P3. The van der Waals surface area contributed by atoms with Crippen LogP contribution in [0.5, 0.6) is 34.5 Å². The highest BCUT2D eigenvalue weighted by atomic mass is 79.9. The Morgan fingerprint density at radius 3 is 0.717 bits per heavy atom. The number of ether oxygens (including phenoxy) is 2. The van der Waals surface area contributed by atoms with Crippen LogP contribution in [0.3, 0.4) is 0 Å². The molecule has 0 unspecified atom stereocenters. The van der Waals surface area contributed by atoms with Crippen LogP contribution in [0, 0.1) is 0 Å². The molecule has 20 heteroatoms. The molecule has 13 nitrogen and oxygen atoms in total. The van der Waals surface area contributed by atoms with E-state index in [9.17, 15) is 9.59 Å². The largest absolute Gasteiger partial charge is 0.465 e. The number of carbonyl (C=O) groups excluding carboxylic acids is 2. The van der Waals surface area contributed by atoms with Crippen LogP contribution in [0.2, 0.25) is 0 Å². The maximum atomic E-state index is 12.4. The second-order valence-corrected chi connectivity index (χ2v) is 22.0. The highest BCUT2D eigenvalue weighted by Crippen LogP contribution is 2.78. The first-order chi connectivity index (χ1) is 28.9. The molecule has 0 saturated carbocycles. The average molecular weight is 1130 g/mol. The van der Waals surface area contributed by atoms with Gasteiger partial charge in [-0.2, -0.15) is 0 Å². The summed E-state index contributed by atoms with van der Waals surface area (Å²) in [5.74, 6) is 0.575. The lowest BCUT2D eigenvalue weighted by Gasteiger charge is -2.33. The highest BCUT2D eigenvalue weighted by molar-refractivity contribution is 9.11. The van der Waals surface area contributed by atoms with Crippen molar-refractivity contribution in [3.05, 3.63) is 175 Å². The molecule has 0 amide bonds.